The van der Waals surface area contributed by atoms with Crippen molar-refractivity contribution < 1.29 is 8.78 Å². The van der Waals surface area contributed by atoms with Gasteiger partial charge in [-0.05, 0) is 30.4 Å². The Labute approximate surface area is 104 Å². The fourth-order valence-corrected chi connectivity index (χ4v) is 2.54. The number of nitrogens with zero attached hydrogens (tertiary/aromatic N) is 1. The highest BCUT2D eigenvalue weighted by molar-refractivity contribution is 6.31. The summed E-state index contributed by atoms with van der Waals surface area (Å²) in [6, 6.07) is 1.53. The van der Waals surface area contributed by atoms with E-state index in [1.54, 1.807) is 18.5 Å². The van der Waals surface area contributed by atoms with Gasteiger partial charge in [-0.3, -0.25) is 4.98 Å². The zero-order valence-corrected chi connectivity index (χ0v) is 10.1. The fourth-order valence-electron chi connectivity index (χ4n) is 2.34. The summed E-state index contributed by atoms with van der Waals surface area (Å²) in [5.41, 5.74) is 6.87. The van der Waals surface area contributed by atoms with Crippen molar-refractivity contribution in [1.82, 2.24) is 4.98 Å². The molecule has 0 saturated heterocycles. The van der Waals surface area contributed by atoms with Crippen LogP contribution in [0.1, 0.15) is 24.8 Å². The predicted molar refractivity (Wildman–Crippen MR) is 63.2 cm³/mol. The highest BCUT2D eigenvalue weighted by Gasteiger charge is 2.41. The van der Waals surface area contributed by atoms with Crippen molar-refractivity contribution in [2.24, 2.45) is 11.7 Å². The van der Waals surface area contributed by atoms with Gasteiger partial charge in [0.25, 0.3) is 0 Å². The predicted octanol–water partition coefficient (Wildman–Crippen LogP) is 3.04. The minimum Gasteiger partial charge on any atom is -0.327 e. The Morgan fingerprint density at radius 1 is 1.59 bits per heavy atom. The van der Waals surface area contributed by atoms with E-state index >= 15 is 0 Å². The second-order valence-corrected chi connectivity index (χ2v) is 5.10. The average molecular weight is 261 g/mol. The van der Waals surface area contributed by atoms with Crippen LogP contribution >= 0.6 is 11.6 Å². The third-order valence-electron chi connectivity index (χ3n) is 3.36. The molecule has 2 rings (SSSR count). The van der Waals surface area contributed by atoms with Crippen LogP contribution in [-0.4, -0.2) is 16.9 Å². The minimum absolute atomic E-state index is 0.0462. The van der Waals surface area contributed by atoms with Crippen LogP contribution in [0.25, 0.3) is 0 Å². The maximum atomic E-state index is 13.1. The molecule has 0 spiro atoms. The Morgan fingerprint density at radius 3 is 2.94 bits per heavy atom. The summed E-state index contributed by atoms with van der Waals surface area (Å²) < 4.78 is 26.2. The molecule has 2 N–H and O–H groups in total. The van der Waals surface area contributed by atoms with Gasteiger partial charge in [-0.1, -0.05) is 11.6 Å². The number of hydrogen-bond donors (Lipinski definition) is 1. The lowest BCUT2D eigenvalue weighted by Crippen LogP contribution is -2.31. The molecule has 17 heavy (non-hydrogen) atoms. The van der Waals surface area contributed by atoms with Gasteiger partial charge in [-0.25, -0.2) is 8.78 Å². The number of hydrogen-bond acceptors (Lipinski definition) is 2. The molecule has 0 radical (unpaired) electrons. The quantitative estimate of drug-likeness (QED) is 0.907. The largest absolute Gasteiger partial charge is 0.327 e. The van der Waals surface area contributed by atoms with Crippen molar-refractivity contribution >= 4 is 11.6 Å². The van der Waals surface area contributed by atoms with Gasteiger partial charge in [0.15, 0.2) is 0 Å². The maximum absolute atomic E-state index is 13.1. The van der Waals surface area contributed by atoms with Crippen LogP contribution in [0.5, 0.6) is 0 Å². The number of aromatic nitrogens is 1. The first kappa shape index (κ1) is 12.7. The van der Waals surface area contributed by atoms with Crippen molar-refractivity contribution in [2.75, 3.05) is 0 Å². The second-order valence-electron chi connectivity index (χ2n) is 4.69. The van der Waals surface area contributed by atoms with E-state index in [2.05, 4.69) is 4.98 Å². The van der Waals surface area contributed by atoms with Gasteiger partial charge >= 0.3 is 0 Å². The molecule has 1 aliphatic carbocycles. The van der Waals surface area contributed by atoms with Gasteiger partial charge < -0.3 is 5.73 Å². The number of pyridine rings is 1. The maximum Gasteiger partial charge on any atom is 0.248 e. The van der Waals surface area contributed by atoms with Crippen molar-refractivity contribution in [2.45, 2.75) is 37.6 Å². The lowest BCUT2D eigenvalue weighted by atomic mass is 9.93. The first-order chi connectivity index (χ1) is 7.98. The third kappa shape index (κ3) is 3.13. The van der Waals surface area contributed by atoms with E-state index in [0.717, 1.165) is 5.56 Å². The standard InChI is InChI=1S/C12H15ClF2N2/c13-10-7-17-4-2-8(10)5-11(16)9-1-3-12(14,15)6-9/h2,4,7,9,11H,1,3,5-6,16H2. The van der Waals surface area contributed by atoms with E-state index in [-0.39, 0.29) is 24.8 Å². The molecule has 1 fully saturated rings. The normalized spacial score (nSPS) is 24.8. The molecule has 2 atom stereocenters. The molecule has 2 nitrogen and oxygen atoms in total. The lowest BCUT2D eigenvalue weighted by molar-refractivity contribution is 0.00393. The highest BCUT2D eigenvalue weighted by Crippen LogP contribution is 2.40. The van der Waals surface area contributed by atoms with Gasteiger partial charge in [0.2, 0.25) is 5.92 Å². The molecule has 1 aromatic rings. The Bertz CT molecular complexity index is 398. The highest BCUT2D eigenvalue weighted by atomic mass is 35.5. The molecule has 2 unspecified atom stereocenters. The molecule has 0 amide bonds. The van der Waals surface area contributed by atoms with Crippen LogP contribution in [0.2, 0.25) is 5.02 Å². The van der Waals surface area contributed by atoms with Crippen molar-refractivity contribution in [3.63, 3.8) is 0 Å². The third-order valence-corrected chi connectivity index (χ3v) is 3.70. The summed E-state index contributed by atoms with van der Waals surface area (Å²) >= 11 is 5.96. The Hall–Kier alpha value is -0.740. The smallest absolute Gasteiger partial charge is 0.248 e. The topological polar surface area (TPSA) is 38.9 Å². The van der Waals surface area contributed by atoms with Gasteiger partial charge in [-0.2, -0.15) is 0 Å². The van der Waals surface area contributed by atoms with Crippen LogP contribution < -0.4 is 5.73 Å². The zero-order valence-electron chi connectivity index (χ0n) is 9.37. The van der Waals surface area contributed by atoms with Crippen LogP contribution in [0.15, 0.2) is 18.5 Å². The number of rotatable bonds is 3. The molecule has 0 aliphatic heterocycles. The molecule has 1 aromatic heterocycles. The number of alkyl halides is 2. The zero-order chi connectivity index (χ0) is 12.5. The summed E-state index contributed by atoms with van der Waals surface area (Å²) in [6.07, 6.45) is 4.06. The molecular weight excluding hydrogens is 246 g/mol. The van der Waals surface area contributed by atoms with Crippen LogP contribution in [-0.2, 0) is 6.42 Å². The lowest BCUT2D eigenvalue weighted by Gasteiger charge is -2.19. The van der Waals surface area contributed by atoms with E-state index in [4.69, 9.17) is 17.3 Å². The molecule has 1 heterocycles. The average Bonchev–Trinajstić information content (AvgIpc) is 2.62. The number of halogens is 3. The summed E-state index contributed by atoms with van der Waals surface area (Å²) in [4.78, 5) is 3.88. The molecular formula is C12H15ClF2N2. The minimum atomic E-state index is -2.54. The molecule has 5 heteroatoms. The van der Waals surface area contributed by atoms with E-state index in [1.807, 2.05) is 0 Å². The van der Waals surface area contributed by atoms with Crippen molar-refractivity contribution in [3.8, 4) is 0 Å². The first-order valence-corrected chi connectivity index (χ1v) is 6.07. The second kappa shape index (κ2) is 4.86. The number of nitrogens with two attached hydrogens (primary N) is 1. The van der Waals surface area contributed by atoms with Gasteiger partial charge in [0, 0.05) is 31.3 Å². The van der Waals surface area contributed by atoms with Crippen LogP contribution in [0.3, 0.4) is 0 Å². The van der Waals surface area contributed by atoms with Gasteiger partial charge in [-0.15, -0.1) is 0 Å². The SMILES string of the molecule is NC(Cc1ccncc1Cl)C1CCC(F)(F)C1. The summed E-state index contributed by atoms with van der Waals surface area (Å²) in [6.45, 7) is 0. The molecule has 94 valence electrons. The Morgan fingerprint density at radius 2 is 2.35 bits per heavy atom. The van der Waals surface area contributed by atoms with Crippen LogP contribution in [0, 0.1) is 5.92 Å². The monoisotopic (exact) mass is 260 g/mol. The van der Waals surface area contributed by atoms with Gasteiger partial charge in [0.05, 0.1) is 5.02 Å². The molecule has 0 aromatic carbocycles. The summed E-state index contributed by atoms with van der Waals surface area (Å²) in [7, 11) is 0. The molecule has 1 saturated carbocycles. The van der Waals surface area contributed by atoms with E-state index in [1.165, 1.54) is 0 Å². The fraction of sp³-hybridized carbons (Fsp3) is 0.583. The van der Waals surface area contributed by atoms with Gasteiger partial charge in [0.1, 0.15) is 0 Å². The Balaban J connectivity index is 1.98. The van der Waals surface area contributed by atoms with Crippen molar-refractivity contribution in [1.29, 1.82) is 0 Å². The van der Waals surface area contributed by atoms with Crippen LogP contribution in [0.4, 0.5) is 8.78 Å². The Kier molecular flexibility index (Phi) is 3.64. The summed E-state index contributed by atoms with van der Waals surface area (Å²) in [5, 5.41) is 0.549. The van der Waals surface area contributed by atoms with Crippen molar-refractivity contribution in [3.05, 3.63) is 29.0 Å². The van der Waals surface area contributed by atoms with E-state index < -0.39 is 5.92 Å². The summed E-state index contributed by atoms with van der Waals surface area (Å²) in [5.74, 6) is -2.65. The van der Waals surface area contributed by atoms with E-state index in [9.17, 15) is 8.78 Å². The van der Waals surface area contributed by atoms with E-state index in [0.29, 0.717) is 17.9 Å². The molecule has 1 aliphatic rings. The molecule has 0 bridgehead atoms. The first-order valence-electron chi connectivity index (χ1n) is 5.70.